The third-order valence-electron chi connectivity index (χ3n) is 4.59. The molecule has 1 saturated heterocycles. The molecule has 2 aromatic rings. The van der Waals surface area contributed by atoms with Gasteiger partial charge in [0.15, 0.2) is 12.5 Å². The van der Waals surface area contributed by atoms with Crippen molar-refractivity contribution in [1.29, 1.82) is 0 Å². The van der Waals surface area contributed by atoms with E-state index in [-0.39, 0.29) is 33.8 Å². The van der Waals surface area contributed by atoms with Crippen LogP contribution in [0.2, 0.25) is 15.2 Å². The highest BCUT2D eigenvalue weighted by Gasteiger charge is 2.45. The monoisotopic (exact) mass is 449 g/mol. The fourth-order valence-corrected chi connectivity index (χ4v) is 3.85. The minimum atomic E-state index is -1.38. The van der Waals surface area contributed by atoms with Gasteiger partial charge < -0.3 is 24.3 Å². The van der Waals surface area contributed by atoms with Gasteiger partial charge in [-0.3, -0.25) is 9.59 Å². The van der Waals surface area contributed by atoms with Gasteiger partial charge in [-0.1, -0.05) is 41.7 Å². The zero-order chi connectivity index (χ0) is 20.6. The van der Waals surface area contributed by atoms with Crippen LogP contribution in [0.5, 0.6) is 0 Å². The number of benzene rings is 1. The summed E-state index contributed by atoms with van der Waals surface area (Å²) in [6, 6.07) is 2.99. The zero-order valence-corrected chi connectivity index (χ0v) is 17.0. The Bertz CT molecular complexity index is 915. The average molecular weight is 451 g/mol. The molecule has 0 spiro atoms. The van der Waals surface area contributed by atoms with Crippen LogP contribution in [0, 0.1) is 0 Å². The number of aromatic nitrogens is 1. The van der Waals surface area contributed by atoms with Crippen molar-refractivity contribution >= 4 is 58.0 Å². The van der Waals surface area contributed by atoms with Crippen molar-refractivity contribution in [2.45, 2.75) is 44.3 Å². The topological polar surface area (TPSA) is 98.0 Å². The summed E-state index contributed by atoms with van der Waals surface area (Å²) in [6.07, 6.45) is -3.35. The van der Waals surface area contributed by atoms with E-state index in [1.54, 1.807) is 0 Å². The van der Waals surface area contributed by atoms with Crippen molar-refractivity contribution in [2.75, 3.05) is 6.61 Å². The maximum Gasteiger partial charge on any atom is 0.305 e. The molecule has 0 radical (unpaired) electrons. The number of hydrogen-bond acceptors (Lipinski definition) is 6. The standard InChI is InChI=1S/C18H18Cl3NO6/c1-2-3-14(24)27-7-13-15(25)16(26)18(28-13)22-12-5-11(20)10(19)4-8(12)9(6-23)17(22)21/h4-6,13,15-16,18,25-26H,2-3,7H2,1H3/t13-,15-,16-,18-/m1/s1. The number of aliphatic hydroxyl groups is 2. The van der Waals surface area contributed by atoms with Crippen LogP contribution in [0.4, 0.5) is 0 Å². The van der Waals surface area contributed by atoms with Crippen LogP contribution in [0.15, 0.2) is 12.1 Å². The number of aldehydes is 1. The van der Waals surface area contributed by atoms with Crippen molar-refractivity contribution in [3.8, 4) is 0 Å². The quantitative estimate of drug-likeness (QED) is 0.517. The summed E-state index contributed by atoms with van der Waals surface area (Å²) in [6.45, 7) is 1.61. The molecule has 3 rings (SSSR count). The molecule has 1 aromatic heterocycles. The second kappa shape index (κ2) is 8.57. The zero-order valence-electron chi connectivity index (χ0n) is 14.8. The molecule has 0 saturated carbocycles. The summed E-state index contributed by atoms with van der Waals surface area (Å²) in [5.41, 5.74) is 0.555. The summed E-state index contributed by atoms with van der Waals surface area (Å²) in [5, 5.41) is 21.7. The maximum atomic E-state index is 11.6. The van der Waals surface area contributed by atoms with E-state index in [0.29, 0.717) is 23.6 Å². The molecule has 1 aliphatic rings. The first kappa shape index (κ1) is 21.4. The lowest BCUT2D eigenvalue weighted by Gasteiger charge is -2.19. The number of carbonyl (C=O) groups is 2. The first-order valence-electron chi connectivity index (χ1n) is 8.61. The number of fused-ring (bicyclic) bond motifs is 1. The van der Waals surface area contributed by atoms with Crippen molar-refractivity contribution in [2.24, 2.45) is 0 Å². The molecule has 4 atom stereocenters. The van der Waals surface area contributed by atoms with E-state index in [1.807, 2.05) is 6.92 Å². The summed E-state index contributed by atoms with van der Waals surface area (Å²) in [7, 11) is 0. The molecule has 7 nitrogen and oxygen atoms in total. The molecular formula is C18H18Cl3NO6. The molecule has 1 fully saturated rings. The molecule has 28 heavy (non-hydrogen) atoms. The molecule has 152 valence electrons. The number of halogens is 3. The Kier molecular flexibility index (Phi) is 6.54. The van der Waals surface area contributed by atoms with Gasteiger partial charge in [-0.25, -0.2) is 0 Å². The number of aliphatic hydroxyl groups excluding tert-OH is 2. The lowest BCUT2D eigenvalue weighted by Crippen LogP contribution is -2.34. The number of esters is 1. The maximum absolute atomic E-state index is 11.6. The van der Waals surface area contributed by atoms with Crippen molar-refractivity contribution < 1.29 is 29.3 Å². The van der Waals surface area contributed by atoms with Crippen molar-refractivity contribution in [3.63, 3.8) is 0 Å². The van der Waals surface area contributed by atoms with Gasteiger partial charge in [0.05, 0.1) is 21.1 Å². The molecule has 0 aliphatic carbocycles. The number of hydrogen-bond donors (Lipinski definition) is 2. The first-order valence-corrected chi connectivity index (χ1v) is 9.74. The molecule has 0 amide bonds. The Hall–Kier alpha value is -1.35. The van der Waals surface area contributed by atoms with Crippen LogP contribution in [0.25, 0.3) is 10.9 Å². The molecule has 2 heterocycles. The summed E-state index contributed by atoms with van der Waals surface area (Å²) >= 11 is 18.5. The van der Waals surface area contributed by atoms with E-state index >= 15 is 0 Å². The van der Waals surface area contributed by atoms with Gasteiger partial charge in [0, 0.05) is 11.8 Å². The molecule has 1 aliphatic heterocycles. The predicted molar refractivity (Wildman–Crippen MR) is 104 cm³/mol. The molecule has 1 aromatic carbocycles. The highest BCUT2D eigenvalue weighted by Crippen LogP contribution is 2.40. The van der Waals surface area contributed by atoms with Crippen LogP contribution < -0.4 is 0 Å². The normalized spacial score (nSPS) is 24.6. The van der Waals surface area contributed by atoms with E-state index in [1.165, 1.54) is 16.7 Å². The van der Waals surface area contributed by atoms with Gasteiger partial charge in [0.1, 0.15) is 30.1 Å². The number of carbonyl (C=O) groups excluding carboxylic acids is 2. The summed E-state index contributed by atoms with van der Waals surface area (Å²) in [5.74, 6) is -0.426. The SMILES string of the molecule is CCCC(=O)OC[C@H]1O[C@@H](n2c(Cl)c(C=O)c3cc(Cl)c(Cl)cc32)[C@H](O)[C@@H]1O. The fraction of sp³-hybridized carbons (Fsp3) is 0.444. The molecule has 0 unspecified atom stereocenters. The highest BCUT2D eigenvalue weighted by molar-refractivity contribution is 6.43. The van der Waals surface area contributed by atoms with E-state index in [0.717, 1.165) is 0 Å². The second-order valence-electron chi connectivity index (χ2n) is 6.46. The molecule has 10 heteroatoms. The van der Waals surface area contributed by atoms with E-state index in [9.17, 15) is 19.8 Å². The van der Waals surface area contributed by atoms with Crippen LogP contribution in [0.3, 0.4) is 0 Å². The van der Waals surface area contributed by atoms with Gasteiger partial charge >= 0.3 is 5.97 Å². The van der Waals surface area contributed by atoms with Gasteiger partial charge in [-0.15, -0.1) is 0 Å². The molecule has 2 N–H and O–H groups in total. The van der Waals surface area contributed by atoms with E-state index in [4.69, 9.17) is 44.3 Å². The third kappa shape index (κ3) is 3.75. The highest BCUT2D eigenvalue weighted by atomic mass is 35.5. The number of ether oxygens (including phenoxy) is 2. The summed E-state index contributed by atoms with van der Waals surface area (Å²) in [4.78, 5) is 23.1. The smallest absolute Gasteiger partial charge is 0.305 e. The number of rotatable bonds is 6. The summed E-state index contributed by atoms with van der Waals surface area (Å²) < 4.78 is 12.2. The van der Waals surface area contributed by atoms with E-state index in [2.05, 4.69) is 0 Å². The Morgan fingerprint density at radius 3 is 2.57 bits per heavy atom. The molecular weight excluding hydrogens is 433 g/mol. The minimum absolute atomic E-state index is 0.00297. The third-order valence-corrected chi connectivity index (χ3v) is 5.70. The lowest BCUT2D eigenvalue weighted by atomic mass is 10.1. The van der Waals surface area contributed by atoms with E-state index < -0.39 is 30.5 Å². The molecule has 0 bridgehead atoms. The minimum Gasteiger partial charge on any atom is -0.463 e. The number of nitrogens with zero attached hydrogens (tertiary/aromatic N) is 1. The Labute approximate surface area is 175 Å². The largest absolute Gasteiger partial charge is 0.463 e. The second-order valence-corrected chi connectivity index (χ2v) is 7.63. The predicted octanol–water partition coefficient (Wildman–Crippen LogP) is 3.38. The van der Waals surface area contributed by atoms with Crippen molar-refractivity contribution in [1.82, 2.24) is 4.57 Å². The van der Waals surface area contributed by atoms with Crippen molar-refractivity contribution in [3.05, 3.63) is 32.9 Å². The van der Waals surface area contributed by atoms with Gasteiger partial charge in [0.25, 0.3) is 0 Å². The van der Waals surface area contributed by atoms with Crippen LogP contribution in [-0.4, -0.2) is 52.0 Å². The van der Waals surface area contributed by atoms with Crippen LogP contribution >= 0.6 is 34.8 Å². The first-order chi connectivity index (χ1) is 13.3. The fourth-order valence-electron chi connectivity index (χ4n) is 3.19. The van der Waals surface area contributed by atoms with Gasteiger partial charge in [0.2, 0.25) is 0 Å². The Balaban J connectivity index is 1.96. The van der Waals surface area contributed by atoms with Gasteiger partial charge in [-0.2, -0.15) is 0 Å². The Morgan fingerprint density at radius 2 is 1.93 bits per heavy atom. The Morgan fingerprint density at radius 1 is 1.25 bits per heavy atom. The van der Waals surface area contributed by atoms with Gasteiger partial charge in [-0.05, 0) is 18.6 Å². The average Bonchev–Trinajstić information content (AvgIpc) is 3.07. The lowest BCUT2D eigenvalue weighted by molar-refractivity contribution is -0.150. The van der Waals surface area contributed by atoms with Crippen LogP contribution in [-0.2, 0) is 14.3 Å². The van der Waals surface area contributed by atoms with Crippen LogP contribution in [0.1, 0.15) is 36.4 Å².